The summed E-state index contributed by atoms with van der Waals surface area (Å²) in [6.07, 6.45) is 1.04. The van der Waals surface area contributed by atoms with Gasteiger partial charge in [0.2, 0.25) is 5.95 Å². The van der Waals surface area contributed by atoms with Gasteiger partial charge in [-0.2, -0.15) is 4.98 Å². The lowest BCUT2D eigenvalue weighted by atomic mass is 10.3. The van der Waals surface area contributed by atoms with Crippen LogP contribution in [-0.2, 0) is 6.54 Å². The van der Waals surface area contributed by atoms with Crippen molar-refractivity contribution in [3.05, 3.63) is 29.3 Å². The Hall–Kier alpha value is -2.11. The predicted molar refractivity (Wildman–Crippen MR) is 74.1 cm³/mol. The van der Waals surface area contributed by atoms with Gasteiger partial charge in [0, 0.05) is 24.4 Å². The molecule has 6 heteroatoms. The highest BCUT2D eigenvalue weighted by molar-refractivity contribution is 5.42. The van der Waals surface area contributed by atoms with Gasteiger partial charge in [-0.25, -0.2) is 4.98 Å². The number of hydrogen-bond acceptors (Lipinski definition) is 6. The molecule has 0 fully saturated rings. The Morgan fingerprint density at radius 3 is 2.63 bits per heavy atom. The van der Waals surface area contributed by atoms with E-state index in [2.05, 4.69) is 32.7 Å². The lowest BCUT2D eigenvalue weighted by molar-refractivity contribution is 0.384. The fourth-order valence-corrected chi connectivity index (χ4v) is 1.65. The highest BCUT2D eigenvalue weighted by Crippen LogP contribution is 2.11. The van der Waals surface area contributed by atoms with E-state index in [-0.39, 0.29) is 0 Å². The first kappa shape index (κ1) is 13.3. The van der Waals surface area contributed by atoms with Crippen molar-refractivity contribution in [2.45, 2.75) is 33.7 Å². The van der Waals surface area contributed by atoms with Crippen molar-refractivity contribution in [2.24, 2.45) is 0 Å². The van der Waals surface area contributed by atoms with Gasteiger partial charge in [0.1, 0.15) is 5.82 Å². The van der Waals surface area contributed by atoms with Crippen LogP contribution in [0.4, 0.5) is 11.8 Å². The van der Waals surface area contributed by atoms with Crippen LogP contribution in [0.1, 0.15) is 30.5 Å². The third-order valence-corrected chi connectivity index (χ3v) is 2.51. The van der Waals surface area contributed by atoms with Crippen molar-refractivity contribution in [3.63, 3.8) is 0 Å². The molecule has 6 nitrogen and oxygen atoms in total. The van der Waals surface area contributed by atoms with Gasteiger partial charge in [0.25, 0.3) is 0 Å². The second-order valence-electron chi connectivity index (χ2n) is 4.43. The van der Waals surface area contributed by atoms with Gasteiger partial charge >= 0.3 is 0 Å². The molecule has 0 saturated carbocycles. The second kappa shape index (κ2) is 6.17. The van der Waals surface area contributed by atoms with Gasteiger partial charge in [-0.1, -0.05) is 12.1 Å². The topological polar surface area (TPSA) is 75.9 Å². The summed E-state index contributed by atoms with van der Waals surface area (Å²) in [6, 6.07) is 3.80. The number of rotatable bonds is 6. The first-order valence-corrected chi connectivity index (χ1v) is 6.43. The molecular formula is C13H19N5O. The monoisotopic (exact) mass is 261 g/mol. The summed E-state index contributed by atoms with van der Waals surface area (Å²) in [6.45, 7) is 7.38. The average Bonchev–Trinajstić information content (AvgIpc) is 2.79. The largest absolute Gasteiger partial charge is 0.363 e. The molecule has 0 aliphatic heterocycles. The molecule has 19 heavy (non-hydrogen) atoms. The van der Waals surface area contributed by atoms with Gasteiger partial charge in [-0.3, -0.25) is 0 Å². The molecule has 0 amide bonds. The van der Waals surface area contributed by atoms with Crippen molar-refractivity contribution in [3.8, 4) is 0 Å². The van der Waals surface area contributed by atoms with Crippen LogP contribution >= 0.6 is 0 Å². The SMILES string of the molecule is CCCNc1nc(C)cc(NCc2cc(C)no2)n1. The number of aryl methyl sites for hydroxylation is 2. The Balaban J connectivity index is 2.01. The maximum absolute atomic E-state index is 5.14. The van der Waals surface area contributed by atoms with Crippen LogP contribution < -0.4 is 10.6 Å². The third-order valence-electron chi connectivity index (χ3n) is 2.51. The van der Waals surface area contributed by atoms with Crippen LogP contribution in [0.25, 0.3) is 0 Å². The van der Waals surface area contributed by atoms with Crippen molar-refractivity contribution in [1.29, 1.82) is 0 Å². The average molecular weight is 261 g/mol. The number of nitrogens with one attached hydrogen (secondary N) is 2. The van der Waals surface area contributed by atoms with E-state index in [0.717, 1.165) is 35.9 Å². The first-order chi connectivity index (χ1) is 9.17. The maximum atomic E-state index is 5.14. The van der Waals surface area contributed by atoms with E-state index in [9.17, 15) is 0 Å². The molecule has 2 N–H and O–H groups in total. The summed E-state index contributed by atoms with van der Waals surface area (Å²) in [5, 5.41) is 10.2. The number of nitrogens with zero attached hydrogens (tertiary/aromatic N) is 3. The van der Waals surface area contributed by atoms with Gasteiger partial charge in [0.05, 0.1) is 12.2 Å². The van der Waals surface area contributed by atoms with Crippen LogP contribution in [0, 0.1) is 13.8 Å². The minimum Gasteiger partial charge on any atom is -0.363 e. The molecule has 0 radical (unpaired) electrons. The van der Waals surface area contributed by atoms with Crippen LogP contribution in [0.5, 0.6) is 0 Å². The predicted octanol–water partition coefficient (Wildman–Crippen LogP) is 2.52. The molecule has 0 unspecified atom stereocenters. The van der Waals surface area contributed by atoms with E-state index < -0.39 is 0 Å². The lowest BCUT2D eigenvalue weighted by Gasteiger charge is -2.08. The highest BCUT2D eigenvalue weighted by Gasteiger charge is 2.04. The maximum Gasteiger partial charge on any atom is 0.224 e. The van der Waals surface area contributed by atoms with Crippen LogP contribution in [0.15, 0.2) is 16.7 Å². The van der Waals surface area contributed by atoms with Gasteiger partial charge in [-0.05, 0) is 20.3 Å². The van der Waals surface area contributed by atoms with Gasteiger partial charge in [-0.15, -0.1) is 0 Å². The number of hydrogen-bond donors (Lipinski definition) is 2. The van der Waals surface area contributed by atoms with Crippen LogP contribution in [0.3, 0.4) is 0 Å². The van der Waals surface area contributed by atoms with Crippen LogP contribution in [-0.4, -0.2) is 21.7 Å². The molecule has 2 aromatic heterocycles. The molecule has 0 aromatic carbocycles. The summed E-state index contributed by atoms with van der Waals surface area (Å²) < 4.78 is 5.14. The van der Waals surface area contributed by atoms with Crippen molar-refractivity contribution < 1.29 is 4.52 Å². The Morgan fingerprint density at radius 2 is 1.95 bits per heavy atom. The molecular weight excluding hydrogens is 242 g/mol. The quantitative estimate of drug-likeness (QED) is 0.832. The van der Waals surface area contributed by atoms with Crippen molar-refractivity contribution in [2.75, 3.05) is 17.2 Å². The lowest BCUT2D eigenvalue weighted by Crippen LogP contribution is -2.08. The zero-order valence-corrected chi connectivity index (χ0v) is 11.5. The highest BCUT2D eigenvalue weighted by atomic mass is 16.5. The smallest absolute Gasteiger partial charge is 0.224 e. The van der Waals surface area contributed by atoms with Gasteiger partial charge < -0.3 is 15.2 Å². The summed E-state index contributed by atoms with van der Waals surface area (Å²) in [5.74, 6) is 2.22. The summed E-state index contributed by atoms with van der Waals surface area (Å²) >= 11 is 0. The minimum atomic E-state index is 0.560. The molecule has 2 rings (SSSR count). The van der Waals surface area contributed by atoms with Crippen LogP contribution in [0.2, 0.25) is 0 Å². The molecule has 0 bridgehead atoms. The number of aromatic nitrogens is 3. The number of anilines is 2. The van der Waals surface area contributed by atoms with E-state index in [1.807, 2.05) is 26.0 Å². The second-order valence-corrected chi connectivity index (χ2v) is 4.43. The van der Waals surface area contributed by atoms with E-state index in [4.69, 9.17) is 4.52 Å². The summed E-state index contributed by atoms with van der Waals surface area (Å²) in [7, 11) is 0. The molecule has 2 aromatic rings. The third kappa shape index (κ3) is 3.94. The minimum absolute atomic E-state index is 0.560. The standard InChI is InChI=1S/C13H19N5O/c1-4-5-14-13-16-9(2)7-12(17-13)15-8-11-6-10(3)18-19-11/h6-7H,4-5,8H2,1-3H3,(H2,14,15,16,17). The van der Waals surface area contributed by atoms with E-state index in [1.54, 1.807) is 0 Å². The van der Waals surface area contributed by atoms with E-state index in [1.165, 1.54) is 0 Å². The first-order valence-electron chi connectivity index (χ1n) is 6.43. The Morgan fingerprint density at radius 1 is 1.11 bits per heavy atom. The molecule has 0 spiro atoms. The Labute approximate surface area is 112 Å². The molecule has 0 atom stereocenters. The van der Waals surface area contributed by atoms with E-state index >= 15 is 0 Å². The zero-order valence-electron chi connectivity index (χ0n) is 11.5. The van der Waals surface area contributed by atoms with Gasteiger partial charge in [0.15, 0.2) is 5.76 Å². The zero-order chi connectivity index (χ0) is 13.7. The molecule has 102 valence electrons. The summed E-state index contributed by atoms with van der Waals surface area (Å²) in [4.78, 5) is 8.73. The molecule has 0 saturated heterocycles. The van der Waals surface area contributed by atoms with Crippen molar-refractivity contribution >= 4 is 11.8 Å². The molecule has 2 heterocycles. The molecule has 0 aliphatic carbocycles. The molecule has 0 aliphatic rings. The fraction of sp³-hybridized carbons (Fsp3) is 0.462. The van der Waals surface area contributed by atoms with Crippen molar-refractivity contribution in [1.82, 2.24) is 15.1 Å². The van der Waals surface area contributed by atoms with E-state index in [0.29, 0.717) is 12.5 Å². The Kier molecular flexibility index (Phi) is 4.33. The Bertz CT molecular complexity index is 538. The fourth-order valence-electron chi connectivity index (χ4n) is 1.65. The normalized spacial score (nSPS) is 10.5. The summed E-state index contributed by atoms with van der Waals surface area (Å²) in [5.41, 5.74) is 1.80.